The second kappa shape index (κ2) is 11.5. The van der Waals surface area contributed by atoms with Gasteiger partial charge in [0.15, 0.2) is 0 Å². The Bertz CT molecular complexity index is 869. The highest BCUT2D eigenvalue weighted by Crippen LogP contribution is 2.38. The van der Waals surface area contributed by atoms with Gasteiger partial charge in [-0.1, -0.05) is 38.3 Å². The number of nitrogens with one attached hydrogen (secondary N) is 3. The van der Waals surface area contributed by atoms with Gasteiger partial charge in [-0.2, -0.15) is 0 Å². The van der Waals surface area contributed by atoms with Gasteiger partial charge in [-0.15, -0.1) is 0 Å². The molecule has 0 saturated heterocycles. The predicted octanol–water partition coefficient (Wildman–Crippen LogP) is 4.68. The Morgan fingerprint density at radius 2 is 1.73 bits per heavy atom. The van der Waals surface area contributed by atoms with Crippen molar-refractivity contribution in [3.63, 3.8) is 0 Å². The van der Waals surface area contributed by atoms with Crippen LogP contribution in [0.3, 0.4) is 0 Å². The molecule has 3 rings (SSSR count). The third kappa shape index (κ3) is 7.18. The molecule has 3 unspecified atom stereocenters. The molecular weight excluding hydrogens is 414 g/mol. The lowest BCUT2D eigenvalue weighted by Crippen LogP contribution is -2.38. The van der Waals surface area contributed by atoms with Crippen LogP contribution in [0, 0.1) is 23.7 Å². The summed E-state index contributed by atoms with van der Waals surface area (Å²) in [7, 11) is 0. The van der Waals surface area contributed by atoms with E-state index in [1.807, 2.05) is 0 Å². The normalized spacial score (nSPS) is 23.2. The standard InChI is InChI=1S/C27H39N3O3/c1-17(2)25-14-21(15-26(32)30-23-7-5-6-8-23)18(3)13-22(25)16-28-27(33)20-9-11-24(12-10-20)29-19(4)31/h9-13,17,21-23,25H,5-8,14-16H2,1-4H3,(H,28,33)(H,29,31)(H,30,32). The van der Waals surface area contributed by atoms with Gasteiger partial charge in [-0.3, -0.25) is 14.4 Å². The molecule has 1 aromatic carbocycles. The summed E-state index contributed by atoms with van der Waals surface area (Å²) in [6, 6.07) is 7.28. The summed E-state index contributed by atoms with van der Waals surface area (Å²) in [6.07, 6.45) is 8.47. The molecule has 1 fully saturated rings. The maximum Gasteiger partial charge on any atom is 0.251 e. The van der Waals surface area contributed by atoms with Crippen molar-refractivity contribution in [3.05, 3.63) is 41.5 Å². The molecule has 33 heavy (non-hydrogen) atoms. The summed E-state index contributed by atoms with van der Waals surface area (Å²) in [5.74, 6) is 1.33. The Hall–Kier alpha value is -2.63. The molecule has 6 nitrogen and oxygen atoms in total. The highest BCUT2D eigenvalue weighted by atomic mass is 16.2. The van der Waals surface area contributed by atoms with Gasteiger partial charge >= 0.3 is 0 Å². The van der Waals surface area contributed by atoms with Crippen LogP contribution in [0.15, 0.2) is 35.9 Å². The number of amides is 3. The highest BCUT2D eigenvalue weighted by Gasteiger charge is 2.33. The van der Waals surface area contributed by atoms with Crippen molar-refractivity contribution in [2.45, 2.75) is 72.3 Å². The molecule has 2 aliphatic carbocycles. The van der Waals surface area contributed by atoms with Gasteiger partial charge in [0.25, 0.3) is 5.91 Å². The molecule has 6 heteroatoms. The van der Waals surface area contributed by atoms with Gasteiger partial charge in [0.2, 0.25) is 11.8 Å². The van der Waals surface area contributed by atoms with Crippen LogP contribution < -0.4 is 16.0 Å². The SMILES string of the molecule is CC(=O)Nc1ccc(C(=O)NCC2C=C(C)C(CC(=O)NC3CCCC3)CC2C(C)C)cc1. The van der Waals surface area contributed by atoms with Crippen molar-refractivity contribution in [3.8, 4) is 0 Å². The van der Waals surface area contributed by atoms with E-state index in [4.69, 9.17) is 0 Å². The van der Waals surface area contributed by atoms with Crippen LogP contribution in [-0.2, 0) is 9.59 Å². The minimum absolute atomic E-state index is 0.115. The summed E-state index contributed by atoms with van der Waals surface area (Å²) < 4.78 is 0. The van der Waals surface area contributed by atoms with E-state index in [1.165, 1.54) is 25.3 Å². The number of allylic oxidation sites excluding steroid dienone is 1. The molecule has 0 aromatic heterocycles. The van der Waals surface area contributed by atoms with Crippen LogP contribution in [0.4, 0.5) is 5.69 Å². The van der Waals surface area contributed by atoms with Crippen molar-refractivity contribution in [1.82, 2.24) is 10.6 Å². The topological polar surface area (TPSA) is 87.3 Å². The average Bonchev–Trinajstić information content (AvgIpc) is 3.26. The third-order valence-corrected chi connectivity index (χ3v) is 7.20. The number of carbonyl (C=O) groups is 3. The molecule has 3 atom stereocenters. The zero-order chi connectivity index (χ0) is 24.0. The number of benzene rings is 1. The fourth-order valence-corrected chi connectivity index (χ4v) is 5.31. The lowest BCUT2D eigenvalue weighted by Gasteiger charge is -2.37. The third-order valence-electron chi connectivity index (χ3n) is 7.20. The van der Waals surface area contributed by atoms with Crippen LogP contribution in [0.2, 0.25) is 0 Å². The highest BCUT2D eigenvalue weighted by molar-refractivity contribution is 5.95. The van der Waals surface area contributed by atoms with Crippen molar-refractivity contribution >= 4 is 23.4 Å². The molecule has 3 N–H and O–H groups in total. The van der Waals surface area contributed by atoms with Crippen molar-refractivity contribution in [2.75, 3.05) is 11.9 Å². The number of carbonyl (C=O) groups excluding carboxylic acids is 3. The second-order valence-electron chi connectivity index (χ2n) is 10.1. The zero-order valence-corrected chi connectivity index (χ0v) is 20.4. The summed E-state index contributed by atoms with van der Waals surface area (Å²) in [4.78, 5) is 36.5. The lowest BCUT2D eigenvalue weighted by atomic mass is 9.69. The largest absolute Gasteiger partial charge is 0.353 e. The Morgan fingerprint density at radius 1 is 1.06 bits per heavy atom. The zero-order valence-electron chi connectivity index (χ0n) is 20.4. The molecule has 1 aromatic rings. The molecule has 180 valence electrons. The first-order valence-electron chi connectivity index (χ1n) is 12.4. The second-order valence-corrected chi connectivity index (χ2v) is 10.1. The van der Waals surface area contributed by atoms with Crippen molar-refractivity contribution in [2.24, 2.45) is 23.7 Å². The Morgan fingerprint density at radius 3 is 2.33 bits per heavy atom. The first kappa shape index (κ1) is 25.0. The first-order valence-corrected chi connectivity index (χ1v) is 12.4. The monoisotopic (exact) mass is 453 g/mol. The van der Waals surface area contributed by atoms with Crippen LogP contribution >= 0.6 is 0 Å². The maximum atomic E-state index is 12.7. The van der Waals surface area contributed by atoms with Crippen LogP contribution in [0.5, 0.6) is 0 Å². The lowest BCUT2D eigenvalue weighted by molar-refractivity contribution is -0.122. The average molecular weight is 454 g/mol. The van der Waals surface area contributed by atoms with E-state index in [-0.39, 0.29) is 29.6 Å². The fourth-order valence-electron chi connectivity index (χ4n) is 5.31. The van der Waals surface area contributed by atoms with Crippen LogP contribution in [0.25, 0.3) is 0 Å². The van der Waals surface area contributed by atoms with E-state index in [0.717, 1.165) is 19.3 Å². The molecule has 3 amide bonds. The number of anilines is 1. The maximum absolute atomic E-state index is 12.7. The number of rotatable bonds is 8. The van der Waals surface area contributed by atoms with E-state index in [1.54, 1.807) is 24.3 Å². The fraction of sp³-hybridized carbons (Fsp3) is 0.593. The van der Waals surface area contributed by atoms with Crippen LogP contribution in [0.1, 0.15) is 76.6 Å². The van der Waals surface area contributed by atoms with E-state index in [0.29, 0.717) is 42.1 Å². The molecule has 0 aliphatic heterocycles. The number of hydrogen-bond donors (Lipinski definition) is 3. The van der Waals surface area contributed by atoms with Gasteiger partial charge in [-0.05, 0) is 74.1 Å². The van der Waals surface area contributed by atoms with E-state index < -0.39 is 0 Å². The molecule has 0 radical (unpaired) electrons. The predicted molar refractivity (Wildman–Crippen MR) is 132 cm³/mol. The summed E-state index contributed by atoms with van der Waals surface area (Å²) in [6.45, 7) is 8.61. The molecule has 1 saturated carbocycles. The minimum Gasteiger partial charge on any atom is -0.353 e. The van der Waals surface area contributed by atoms with Crippen molar-refractivity contribution in [1.29, 1.82) is 0 Å². The molecule has 0 bridgehead atoms. The van der Waals surface area contributed by atoms with Crippen LogP contribution in [-0.4, -0.2) is 30.3 Å². The Labute approximate surface area is 198 Å². The minimum atomic E-state index is -0.138. The van der Waals surface area contributed by atoms with E-state index in [2.05, 4.69) is 42.8 Å². The van der Waals surface area contributed by atoms with Gasteiger partial charge in [0.05, 0.1) is 0 Å². The van der Waals surface area contributed by atoms with E-state index >= 15 is 0 Å². The van der Waals surface area contributed by atoms with Crippen molar-refractivity contribution < 1.29 is 14.4 Å². The molecule has 0 heterocycles. The Balaban J connectivity index is 1.58. The Kier molecular flexibility index (Phi) is 8.70. The molecular formula is C27H39N3O3. The van der Waals surface area contributed by atoms with Gasteiger partial charge in [0, 0.05) is 37.2 Å². The quantitative estimate of drug-likeness (QED) is 0.500. The van der Waals surface area contributed by atoms with Gasteiger partial charge in [0.1, 0.15) is 0 Å². The smallest absolute Gasteiger partial charge is 0.251 e. The van der Waals surface area contributed by atoms with Gasteiger partial charge < -0.3 is 16.0 Å². The van der Waals surface area contributed by atoms with E-state index in [9.17, 15) is 14.4 Å². The first-order chi connectivity index (χ1) is 15.7. The number of hydrogen-bond acceptors (Lipinski definition) is 3. The summed E-state index contributed by atoms with van der Waals surface area (Å²) in [5.41, 5.74) is 2.50. The molecule has 2 aliphatic rings. The summed E-state index contributed by atoms with van der Waals surface area (Å²) >= 11 is 0. The summed E-state index contributed by atoms with van der Waals surface area (Å²) in [5, 5.41) is 9.02. The molecule has 0 spiro atoms. The van der Waals surface area contributed by atoms with Gasteiger partial charge in [-0.25, -0.2) is 0 Å².